The maximum absolute atomic E-state index is 12.5. The number of hydrogen-bond donors (Lipinski definition) is 0. The largest absolute Gasteiger partial charge is 0.460 e. The maximum Gasteiger partial charge on any atom is 0.246 e. The smallest absolute Gasteiger partial charge is 0.246 e. The maximum atomic E-state index is 12.5. The molecule has 0 unspecified atom stereocenters. The highest BCUT2D eigenvalue weighted by Gasteiger charge is 2.21. The molecule has 1 saturated heterocycles. The van der Waals surface area contributed by atoms with E-state index in [0.29, 0.717) is 26.2 Å². The number of carbonyl (C=O) groups is 2. The Labute approximate surface area is 154 Å². The lowest BCUT2D eigenvalue weighted by Gasteiger charge is -2.33. The number of amides is 2. The van der Waals surface area contributed by atoms with Crippen molar-refractivity contribution in [3.05, 3.63) is 41.7 Å². The van der Waals surface area contributed by atoms with Gasteiger partial charge in [-0.05, 0) is 18.6 Å². The lowest BCUT2D eigenvalue weighted by atomic mass is 10.1. The summed E-state index contributed by atoms with van der Waals surface area (Å²) in [7, 11) is 0. The molecule has 2 heterocycles. The Morgan fingerprint density at radius 3 is 2.50 bits per heavy atom. The monoisotopic (exact) mass is 354 g/mol. The van der Waals surface area contributed by atoms with Gasteiger partial charge in [-0.2, -0.15) is 0 Å². The van der Waals surface area contributed by atoms with Gasteiger partial charge in [0, 0.05) is 56.5 Å². The molecule has 5 nitrogen and oxygen atoms in total. The molecule has 0 radical (unpaired) electrons. The van der Waals surface area contributed by atoms with E-state index in [9.17, 15) is 9.59 Å². The van der Waals surface area contributed by atoms with Crippen molar-refractivity contribution in [3.63, 3.8) is 0 Å². The molecule has 138 valence electrons. The normalized spacial score (nSPS) is 15.2. The van der Waals surface area contributed by atoms with Crippen molar-refractivity contribution in [1.82, 2.24) is 9.80 Å². The second-order valence-electron chi connectivity index (χ2n) is 6.70. The van der Waals surface area contributed by atoms with Crippen LogP contribution < -0.4 is 0 Å². The van der Waals surface area contributed by atoms with Gasteiger partial charge in [0.2, 0.25) is 11.8 Å². The van der Waals surface area contributed by atoms with E-state index in [1.807, 2.05) is 30.3 Å². The van der Waals surface area contributed by atoms with Gasteiger partial charge >= 0.3 is 0 Å². The highest BCUT2D eigenvalue weighted by Crippen LogP contribution is 2.28. The first-order valence-electron chi connectivity index (χ1n) is 9.33. The van der Waals surface area contributed by atoms with Gasteiger partial charge in [-0.15, -0.1) is 0 Å². The van der Waals surface area contributed by atoms with E-state index in [2.05, 4.69) is 6.92 Å². The highest BCUT2D eigenvalue weighted by atomic mass is 16.3. The summed E-state index contributed by atoms with van der Waals surface area (Å²) >= 11 is 0. The molecule has 0 saturated carbocycles. The molecule has 1 aliphatic rings. The average Bonchev–Trinajstić information content (AvgIpc) is 3.02. The minimum atomic E-state index is -0.0140. The zero-order valence-corrected chi connectivity index (χ0v) is 15.5. The molecular weight excluding hydrogens is 328 g/mol. The Morgan fingerprint density at radius 1 is 1.12 bits per heavy atom. The SMILES string of the molecule is CCCCc1oc2ccccc2c1/C=C/C(=O)N1CCN(C(C)=O)CC1. The molecule has 3 rings (SSSR count). The third kappa shape index (κ3) is 3.98. The number of nitrogens with zero attached hydrogens (tertiary/aromatic N) is 2. The second-order valence-corrected chi connectivity index (χ2v) is 6.70. The number of hydrogen-bond acceptors (Lipinski definition) is 3. The number of piperazine rings is 1. The third-order valence-electron chi connectivity index (χ3n) is 4.90. The van der Waals surface area contributed by atoms with Crippen molar-refractivity contribution in [3.8, 4) is 0 Å². The molecule has 0 N–H and O–H groups in total. The van der Waals surface area contributed by atoms with E-state index < -0.39 is 0 Å². The summed E-state index contributed by atoms with van der Waals surface area (Å²) in [5.74, 6) is 0.997. The van der Waals surface area contributed by atoms with Crippen LogP contribution in [0.3, 0.4) is 0 Å². The van der Waals surface area contributed by atoms with E-state index in [1.54, 1.807) is 22.8 Å². The van der Waals surface area contributed by atoms with Crippen molar-refractivity contribution >= 4 is 28.9 Å². The predicted molar refractivity (Wildman–Crippen MR) is 103 cm³/mol. The second kappa shape index (κ2) is 8.21. The molecule has 2 amide bonds. The van der Waals surface area contributed by atoms with E-state index in [4.69, 9.17) is 4.42 Å². The van der Waals surface area contributed by atoms with Gasteiger partial charge in [-0.25, -0.2) is 0 Å². The van der Waals surface area contributed by atoms with Gasteiger partial charge in [-0.1, -0.05) is 31.5 Å². The number of unbranched alkanes of at least 4 members (excludes halogenated alkanes) is 1. The Bertz CT molecular complexity index is 814. The van der Waals surface area contributed by atoms with E-state index >= 15 is 0 Å². The van der Waals surface area contributed by atoms with Crippen LogP contribution in [0, 0.1) is 0 Å². The van der Waals surface area contributed by atoms with Crippen LogP contribution in [0.15, 0.2) is 34.8 Å². The summed E-state index contributed by atoms with van der Waals surface area (Å²) in [6, 6.07) is 7.94. The molecule has 1 aromatic carbocycles. The Hall–Kier alpha value is -2.56. The fourth-order valence-electron chi connectivity index (χ4n) is 3.32. The average molecular weight is 354 g/mol. The van der Waals surface area contributed by atoms with Crippen molar-refractivity contribution < 1.29 is 14.0 Å². The third-order valence-corrected chi connectivity index (χ3v) is 4.90. The number of rotatable bonds is 5. The zero-order chi connectivity index (χ0) is 18.5. The molecule has 1 aliphatic heterocycles. The van der Waals surface area contributed by atoms with Gasteiger partial charge in [0.05, 0.1) is 0 Å². The number of furan rings is 1. The first-order valence-corrected chi connectivity index (χ1v) is 9.33. The number of fused-ring (bicyclic) bond motifs is 1. The fourth-order valence-corrected chi connectivity index (χ4v) is 3.32. The molecule has 1 aromatic heterocycles. The highest BCUT2D eigenvalue weighted by molar-refractivity contribution is 5.96. The first-order chi connectivity index (χ1) is 12.6. The van der Waals surface area contributed by atoms with Crippen molar-refractivity contribution in [1.29, 1.82) is 0 Å². The van der Waals surface area contributed by atoms with Crippen molar-refractivity contribution in [2.24, 2.45) is 0 Å². The van der Waals surface area contributed by atoms with Gasteiger partial charge in [0.15, 0.2) is 0 Å². The van der Waals surface area contributed by atoms with Gasteiger partial charge in [0.25, 0.3) is 0 Å². The van der Waals surface area contributed by atoms with Crippen LogP contribution in [0.1, 0.15) is 38.0 Å². The molecule has 0 spiro atoms. The molecule has 0 atom stereocenters. The van der Waals surface area contributed by atoms with E-state index in [-0.39, 0.29) is 11.8 Å². The van der Waals surface area contributed by atoms with Gasteiger partial charge < -0.3 is 14.2 Å². The first kappa shape index (κ1) is 18.2. The predicted octanol–water partition coefficient (Wildman–Crippen LogP) is 3.48. The molecule has 2 aromatic rings. The minimum Gasteiger partial charge on any atom is -0.460 e. The zero-order valence-electron chi connectivity index (χ0n) is 15.5. The molecule has 0 bridgehead atoms. The molecule has 5 heteroatoms. The van der Waals surface area contributed by atoms with Crippen LogP contribution in [-0.2, 0) is 16.0 Å². The Morgan fingerprint density at radius 2 is 1.81 bits per heavy atom. The quantitative estimate of drug-likeness (QED) is 0.773. The molecule has 0 aliphatic carbocycles. The summed E-state index contributed by atoms with van der Waals surface area (Å²) in [4.78, 5) is 27.5. The van der Waals surface area contributed by atoms with Crippen molar-refractivity contribution in [2.45, 2.75) is 33.1 Å². The lowest BCUT2D eigenvalue weighted by molar-refractivity contribution is -0.135. The minimum absolute atomic E-state index is 0.0140. The number of benzene rings is 1. The number of carbonyl (C=O) groups excluding carboxylic acids is 2. The summed E-state index contributed by atoms with van der Waals surface area (Å²) in [6.07, 6.45) is 6.55. The van der Waals surface area contributed by atoms with Crippen LogP contribution in [0.5, 0.6) is 0 Å². The van der Waals surface area contributed by atoms with Crippen LogP contribution >= 0.6 is 0 Å². The van der Waals surface area contributed by atoms with E-state index in [1.165, 1.54) is 0 Å². The summed E-state index contributed by atoms with van der Waals surface area (Å²) < 4.78 is 6.00. The van der Waals surface area contributed by atoms with Crippen LogP contribution in [0.25, 0.3) is 17.0 Å². The number of para-hydroxylation sites is 1. The Kier molecular flexibility index (Phi) is 5.76. The van der Waals surface area contributed by atoms with Crippen molar-refractivity contribution in [2.75, 3.05) is 26.2 Å². The summed E-state index contributed by atoms with van der Waals surface area (Å²) in [5.41, 5.74) is 1.87. The fraction of sp³-hybridized carbons (Fsp3) is 0.429. The van der Waals surface area contributed by atoms with E-state index in [0.717, 1.165) is 41.6 Å². The molecular formula is C21H26N2O3. The molecule has 26 heavy (non-hydrogen) atoms. The summed E-state index contributed by atoms with van der Waals surface area (Å²) in [5, 5.41) is 1.05. The van der Waals surface area contributed by atoms with Crippen LogP contribution in [-0.4, -0.2) is 47.8 Å². The number of aryl methyl sites for hydroxylation is 1. The van der Waals surface area contributed by atoms with Gasteiger partial charge in [0.1, 0.15) is 11.3 Å². The molecule has 1 fully saturated rings. The Balaban J connectivity index is 1.75. The standard InChI is InChI=1S/C21H26N2O3/c1-3-4-8-19-18(17-7-5-6-9-20(17)26-19)10-11-21(25)23-14-12-22(13-15-23)16(2)24/h5-7,9-11H,3-4,8,12-15H2,1-2H3/b11-10+. The summed E-state index contributed by atoms with van der Waals surface area (Å²) in [6.45, 7) is 6.09. The topological polar surface area (TPSA) is 53.8 Å². The van der Waals surface area contributed by atoms with Crippen LogP contribution in [0.2, 0.25) is 0 Å². The van der Waals surface area contributed by atoms with Gasteiger partial charge in [-0.3, -0.25) is 9.59 Å². The lowest BCUT2D eigenvalue weighted by Crippen LogP contribution is -2.49. The van der Waals surface area contributed by atoms with Crippen LogP contribution in [0.4, 0.5) is 0 Å².